The largest absolute Gasteiger partial charge is 0.507 e. The average molecular weight is 839 g/mol. The van der Waals surface area contributed by atoms with Gasteiger partial charge in [0.25, 0.3) is 40.3 Å². The number of nitrogens with one attached hydrogen (secondary N) is 2. The second-order valence-corrected chi connectivity index (χ2v) is 19.1. The highest BCUT2D eigenvalue weighted by atomic mass is 32.2. The summed E-state index contributed by atoms with van der Waals surface area (Å²) >= 11 is 0. The van der Waals surface area contributed by atoms with Gasteiger partial charge in [0.2, 0.25) is 0 Å². The second-order valence-electron chi connectivity index (χ2n) is 12.8. The maximum Gasteiger partial charge on any atom is 0.323 e. The molecule has 0 saturated carbocycles. The molecule has 4 bridgehead atoms. The SMILES string of the molecule is Cc1c2ccc(c1NC(=O)Nc1c3ccc(c1C)N(c1cccc4c(S(=O)(=O)O)ccc(O)c14)S3(=O)=O)S(=O)(=O)N2c1cccc2c(S(=O)(=O)O)ccc(O)c12. The predicted molar refractivity (Wildman–Crippen MR) is 205 cm³/mol. The molecular weight excluding hydrogens is 813 g/mol. The highest BCUT2D eigenvalue weighted by Gasteiger charge is 2.41. The van der Waals surface area contributed by atoms with Gasteiger partial charge < -0.3 is 20.8 Å². The third kappa shape index (κ3) is 5.27. The molecule has 0 saturated heterocycles. The van der Waals surface area contributed by atoms with Gasteiger partial charge in [-0.25, -0.2) is 30.2 Å². The monoisotopic (exact) mass is 838 g/mol. The number of nitrogens with zero attached hydrogens (tertiary/aromatic N) is 2. The van der Waals surface area contributed by atoms with Crippen molar-refractivity contribution in [1.29, 1.82) is 0 Å². The number of aromatic hydroxyl groups is 2. The summed E-state index contributed by atoms with van der Waals surface area (Å²) in [7, 11) is -18.7. The molecule has 0 fully saturated rings. The lowest BCUT2D eigenvalue weighted by molar-refractivity contribution is 0.262. The van der Waals surface area contributed by atoms with Crippen LogP contribution < -0.4 is 19.2 Å². The van der Waals surface area contributed by atoms with Crippen molar-refractivity contribution in [3.8, 4) is 11.5 Å². The Bertz CT molecular complexity index is 3050. The molecule has 2 amide bonds. The van der Waals surface area contributed by atoms with Gasteiger partial charge in [0, 0.05) is 21.5 Å². The Kier molecular flexibility index (Phi) is 7.93. The minimum absolute atomic E-state index is 0.0214. The third-order valence-corrected chi connectivity index (χ3v) is 15.0. The van der Waals surface area contributed by atoms with E-state index in [9.17, 15) is 57.8 Å². The van der Waals surface area contributed by atoms with Crippen molar-refractivity contribution < 1.29 is 57.8 Å². The fourth-order valence-electron chi connectivity index (χ4n) is 7.24. The Morgan fingerprint density at radius 3 is 1.29 bits per heavy atom. The van der Waals surface area contributed by atoms with Gasteiger partial charge >= 0.3 is 6.03 Å². The molecule has 0 atom stereocenters. The van der Waals surface area contributed by atoms with E-state index < -0.39 is 67.6 Å². The number of carbonyl (C=O) groups is 1. The van der Waals surface area contributed by atoms with Crippen LogP contribution in [0.2, 0.25) is 0 Å². The molecule has 6 aromatic rings. The van der Waals surface area contributed by atoms with Crippen LogP contribution in [0.15, 0.2) is 105 Å². The zero-order chi connectivity index (χ0) is 40.4. The van der Waals surface area contributed by atoms with Crippen LogP contribution in [0.4, 0.5) is 38.9 Å². The molecule has 56 heavy (non-hydrogen) atoms. The summed E-state index contributed by atoms with van der Waals surface area (Å²) in [6.07, 6.45) is 0. The van der Waals surface area contributed by atoms with Crippen LogP contribution in [-0.2, 0) is 40.3 Å². The van der Waals surface area contributed by atoms with Crippen molar-refractivity contribution >= 4 is 102 Å². The van der Waals surface area contributed by atoms with Gasteiger partial charge in [-0.2, -0.15) is 16.8 Å². The summed E-state index contributed by atoms with van der Waals surface area (Å²) in [4.78, 5) is 11.7. The van der Waals surface area contributed by atoms with E-state index in [2.05, 4.69) is 10.6 Å². The second kappa shape index (κ2) is 12.0. The Labute approximate surface area is 318 Å². The number of phenolic OH excluding ortho intramolecular Hbond substituents is 2. The Morgan fingerprint density at radius 1 is 0.554 bits per heavy atom. The fraction of sp³-hybridized carbons (Fsp3) is 0.0571. The molecule has 288 valence electrons. The average Bonchev–Trinajstić information content (AvgIpc) is 3.10. The number of benzene rings is 6. The van der Waals surface area contributed by atoms with Crippen LogP contribution in [0, 0.1) is 13.8 Å². The normalized spacial score (nSPS) is 15.4. The van der Waals surface area contributed by atoms with Crippen molar-refractivity contribution in [3.63, 3.8) is 0 Å². The lowest BCUT2D eigenvalue weighted by Gasteiger charge is -2.35. The van der Waals surface area contributed by atoms with E-state index in [4.69, 9.17) is 0 Å². The topological polar surface area (TPSA) is 265 Å². The molecule has 0 radical (unpaired) electrons. The summed E-state index contributed by atoms with van der Waals surface area (Å²) in [5.41, 5.74) is -0.102. The summed E-state index contributed by atoms with van der Waals surface area (Å²) in [5, 5.41) is 25.9. The summed E-state index contributed by atoms with van der Waals surface area (Å²) in [6.45, 7) is 3.00. The number of carbonyl (C=O) groups excluding carboxylic acids is 1. The molecule has 6 N–H and O–H groups in total. The molecule has 6 aromatic carbocycles. The quantitative estimate of drug-likeness (QED) is 0.108. The van der Waals surface area contributed by atoms with Crippen molar-refractivity contribution in [1.82, 2.24) is 0 Å². The van der Waals surface area contributed by atoms with E-state index in [1.807, 2.05) is 0 Å². The third-order valence-electron chi connectivity index (χ3n) is 9.65. The van der Waals surface area contributed by atoms with Crippen LogP contribution >= 0.6 is 0 Å². The van der Waals surface area contributed by atoms with Crippen molar-refractivity contribution in [3.05, 3.63) is 96.1 Å². The van der Waals surface area contributed by atoms with E-state index in [1.165, 1.54) is 74.5 Å². The van der Waals surface area contributed by atoms with Gasteiger partial charge in [0.05, 0.1) is 34.1 Å². The first-order valence-electron chi connectivity index (χ1n) is 16.1. The maximum atomic E-state index is 14.1. The smallest absolute Gasteiger partial charge is 0.323 e. The molecule has 0 spiro atoms. The molecule has 4 aliphatic rings. The summed E-state index contributed by atoms with van der Waals surface area (Å²) < 4.78 is 126. The number of urea groups is 1. The minimum atomic E-state index is -4.79. The number of rotatable bonds is 6. The van der Waals surface area contributed by atoms with E-state index >= 15 is 0 Å². The van der Waals surface area contributed by atoms with Gasteiger partial charge in [-0.3, -0.25) is 9.11 Å². The number of anilines is 6. The Balaban J connectivity index is 1.17. The van der Waals surface area contributed by atoms with Gasteiger partial charge in [-0.1, -0.05) is 24.3 Å². The number of sulfonamides is 2. The molecule has 4 aliphatic heterocycles. The van der Waals surface area contributed by atoms with Gasteiger partial charge in [-0.05, 0) is 85.6 Å². The molecule has 0 unspecified atom stereocenters. The van der Waals surface area contributed by atoms with E-state index in [0.717, 1.165) is 32.9 Å². The number of hydrogen-bond acceptors (Lipinski definition) is 11. The number of amides is 2. The summed E-state index contributed by atoms with van der Waals surface area (Å²) in [6, 6.07) is 16.2. The molecule has 17 nitrogen and oxygen atoms in total. The first-order chi connectivity index (χ1) is 26.2. The van der Waals surface area contributed by atoms with Crippen molar-refractivity contribution in [2.24, 2.45) is 0 Å². The van der Waals surface area contributed by atoms with Crippen molar-refractivity contribution in [2.75, 3.05) is 19.2 Å². The molecule has 0 aliphatic carbocycles. The zero-order valence-electron chi connectivity index (χ0n) is 28.6. The van der Waals surface area contributed by atoms with Crippen LogP contribution in [-0.4, -0.2) is 59.0 Å². The first-order valence-corrected chi connectivity index (χ1v) is 21.8. The maximum absolute atomic E-state index is 14.1. The summed E-state index contributed by atoms with van der Waals surface area (Å²) in [5.74, 6) is -0.950. The van der Waals surface area contributed by atoms with Gasteiger partial charge in [0.15, 0.2) is 0 Å². The van der Waals surface area contributed by atoms with Crippen molar-refractivity contribution in [2.45, 2.75) is 33.4 Å². The fourth-order valence-corrected chi connectivity index (χ4v) is 12.1. The Morgan fingerprint density at radius 2 is 0.929 bits per heavy atom. The lowest BCUT2D eigenvalue weighted by Crippen LogP contribution is -2.35. The number of phenols is 2. The lowest BCUT2D eigenvalue weighted by atomic mass is 10.1. The Hall–Kier alpha value is -5.97. The first kappa shape index (κ1) is 37.0. The molecule has 10 rings (SSSR count). The number of fused-ring (bicyclic) bond motifs is 8. The molecular formula is C35H26N4O13S4. The minimum Gasteiger partial charge on any atom is -0.507 e. The standard InChI is InChI=1S/C35H26N4O13S4/c1-17-21-9-13-29(53(43,44)38(21)23-7-3-5-19-27(55(47,48)49)15-11-25(40)31(19)23)33(17)36-35(42)37-34-18(2)22-10-14-30(34)54(45,46)39(22)24-8-4-6-20-28(56(50,51)52)16-12-26(41)32(20)24/h3-16,40-41H,1-2H3,(H2,36,37,42)(H,47,48,49)(H,50,51,52). The zero-order valence-corrected chi connectivity index (χ0v) is 31.8. The highest BCUT2D eigenvalue weighted by Crippen LogP contribution is 2.51. The van der Waals surface area contributed by atoms with Crippen LogP contribution in [0.3, 0.4) is 0 Å². The van der Waals surface area contributed by atoms with Gasteiger partial charge in [0.1, 0.15) is 31.1 Å². The molecule has 4 heterocycles. The predicted octanol–water partition coefficient (Wildman–Crippen LogP) is 5.84. The van der Waals surface area contributed by atoms with E-state index in [-0.39, 0.29) is 76.6 Å². The van der Waals surface area contributed by atoms with E-state index in [0.29, 0.717) is 0 Å². The van der Waals surface area contributed by atoms with Gasteiger partial charge in [-0.15, -0.1) is 0 Å². The van der Waals surface area contributed by atoms with E-state index in [1.54, 1.807) is 0 Å². The van der Waals surface area contributed by atoms with Crippen LogP contribution in [0.25, 0.3) is 21.5 Å². The molecule has 0 aromatic heterocycles. The number of hydrogen-bond donors (Lipinski definition) is 6. The molecule has 21 heteroatoms. The highest BCUT2D eigenvalue weighted by molar-refractivity contribution is 7.94. The van der Waals surface area contributed by atoms with Crippen LogP contribution in [0.5, 0.6) is 11.5 Å². The van der Waals surface area contributed by atoms with Crippen LogP contribution in [0.1, 0.15) is 11.1 Å².